The van der Waals surface area contributed by atoms with Gasteiger partial charge in [-0.2, -0.15) is 0 Å². The van der Waals surface area contributed by atoms with Gasteiger partial charge in [0.05, 0.1) is 12.4 Å². The van der Waals surface area contributed by atoms with Gasteiger partial charge in [-0.05, 0) is 64.5 Å². The lowest BCUT2D eigenvalue weighted by molar-refractivity contribution is -0.142. The Morgan fingerprint density at radius 2 is 1.38 bits per heavy atom. The molecule has 0 saturated heterocycles. The van der Waals surface area contributed by atoms with Crippen LogP contribution in [0.3, 0.4) is 0 Å². The molecule has 0 bridgehead atoms. The number of carboxylic acids is 1. The molecule has 15 N–H and O–H groups in total. The minimum Gasteiger partial charge on any atom is -0.480 e. The number of amides is 3. The van der Waals surface area contributed by atoms with Crippen molar-refractivity contribution in [2.75, 3.05) is 19.6 Å². The van der Waals surface area contributed by atoms with E-state index in [0.29, 0.717) is 50.9 Å². The second-order valence-corrected chi connectivity index (χ2v) is 9.43. The van der Waals surface area contributed by atoms with E-state index in [1.54, 1.807) is 0 Å². The van der Waals surface area contributed by atoms with Gasteiger partial charge < -0.3 is 54.7 Å². The molecule has 1 aromatic heterocycles. The SMILES string of the molecule is NCCCCC(NC(=O)C(CCCCN)NC(=O)C(CCCN=C(N)N)NC(=O)C(N)Cc1cnc[nH]1)C(=O)O. The fourth-order valence-corrected chi connectivity index (χ4v) is 3.83. The van der Waals surface area contributed by atoms with Crippen LogP contribution < -0.4 is 44.6 Å². The summed E-state index contributed by atoms with van der Waals surface area (Å²) >= 11 is 0. The van der Waals surface area contributed by atoms with E-state index in [1.807, 2.05) is 0 Å². The van der Waals surface area contributed by atoms with Crippen molar-refractivity contribution >= 4 is 29.7 Å². The zero-order valence-corrected chi connectivity index (χ0v) is 22.8. The molecule has 3 amide bonds. The van der Waals surface area contributed by atoms with Gasteiger partial charge in [-0.25, -0.2) is 9.78 Å². The Kier molecular flexibility index (Phi) is 16.6. The lowest BCUT2D eigenvalue weighted by Crippen LogP contribution is -2.57. The average Bonchev–Trinajstić information content (AvgIpc) is 3.41. The van der Waals surface area contributed by atoms with Crippen LogP contribution in [0.15, 0.2) is 17.5 Å². The van der Waals surface area contributed by atoms with Gasteiger partial charge in [0.2, 0.25) is 17.7 Å². The number of carboxylic acid groups (broad SMARTS) is 1. The van der Waals surface area contributed by atoms with Crippen molar-refractivity contribution in [3.8, 4) is 0 Å². The minimum absolute atomic E-state index is 0.109. The van der Waals surface area contributed by atoms with Crippen LogP contribution in [0.1, 0.15) is 57.1 Å². The van der Waals surface area contributed by atoms with Crippen LogP contribution >= 0.6 is 0 Å². The molecule has 226 valence electrons. The van der Waals surface area contributed by atoms with Crippen LogP contribution in [0.4, 0.5) is 0 Å². The molecule has 4 atom stereocenters. The molecule has 4 unspecified atom stereocenters. The predicted octanol–water partition coefficient (Wildman–Crippen LogP) is -2.87. The van der Waals surface area contributed by atoms with Crippen LogP contribution in [0.5, 0.6) is 0 Å². The number of aromatic amines is 1. The summed E-state index contributed by atoms with van der Waals surface area (Å²) < 4.78 is 0. The Hall–Kier alpha value is -3.76. The van der Waals surface area contributed by atoms with E-state index in [-0.39, 0.29) is 38.2 Å². The summed E-state index contributed by atoms with van der Waals surface area (Å²) in [4.78, 5) is 61.6. The number of carbonyl (C=O) groups is 4. The van der Waals surface area contributed by atoms with Crippen molar-refractivity contribution in [3.05, 3.63) is 18.2 Å². The highest BCUT2D eigenvalue weighted by Crippen LogP contribution is 2.08. The number of aliphatic imine (C=N–C) groups is 1. The molecular formula is C24H45N11O5. The minimum atomic E-state index is -1.19. The number of nitrogens with zero attached hydrogens (tertiary/aromatic N) is 2. The first-order chi connectivity index (χ1) is 19.1. The van der Waals surface area contributed by atoms with Gasteiger partial charge in [0.1, 0.15) is 18.1 Å². The smallest absolute Gasteiger partial charge is 0.326 e. The molecule has 0 aliphatic carbocycles. The Balaban J connectivity index is 2.99. The van der Waals surface area contributed by atoms with E-state index in [9.17, 15) is 24.3 Å². The van der Waals surface area contributed by atoms with Gasteiger partial charge >= 0.3 is 5.97 Å². The fourth-order valence-electron chi connectivity index (χ4n) is 3.83. The maximum Gasteiger partial charge on any atom is 0.326 e. The van der Waals surface area contributed by atoms with Gasteiger partial charge in [0.25, 0.3) is 0 Å². The predicted molar refractivity (Wildman–Crippen MR) is 149 cm³/mol. The third-order valence-corrected chi connectivity index (χ3v) is 6.05. The first-order valence-electron chi connectivity index (χ1n) is 13.4. The van der Waals surface area contributed by atoms with E-state index in [0.717, 1.165) is 0 Å². The maximum atomic E-state index is 13.3. The number of nitrogens with one attached hydrogen (secondary N) is 4. The van der Waals surface area contributed by atoms with Crippen molar-refractivity contribution in [1.82, 2.24) is 25.9 Å². The highest BCUT2D eigenvalue weighted by molar-refractivity contribution is 5.94. The van der Waals surface area contributed by atoms with Gasteiger partial charge in [0.15, 0.2) is 5.96 Å². The summed E-state index contributed by atoms with van der Waals surface area (Å²) in [6, 6.07) is -4.21. The van der Waals surface area contributed by atoms with Crippen LogP contribution in [0.25, 0.3) is 0 Å². The molecule has 1 heterocycles. The molecule has 0 aliphatic rings. The summed E-state index contributed by atoms with van der Waals surface area (Å²) in [6.45, 7) is 1.00. The molecule has 0 aliphatic heterocycles. The highest BCUT2D eigenvalue weighted by atomic mass is 16.4. The van der Waals surface area contributed by atoms with E-state index >= 15 is 0 Å². The summed E-state index contributed by atoms with van der Waals surface area (Å²) in [7, 11) is 0. The van der Waals surface area contributed by atoms with Crippen molar-refractivity contribution < 1.29 is 24.3 Å². The van der Waals surface area contributed by atoms with E-state index in [1.165, 1.54) is 12.5 Å². The van der Waals surface area contributed by atoms with Crippen molar-refractivity contribution in [2.45, 2.75) is 82.0 Å². The molecule has 40 heavy (non-hydrogen) atoms. The number of unbranched alkanes of at least 4 members (excludes halogenated alkanes) is 2. The first kappa shape index (κ1) is 34.3. The second-order valence-electron chi connectivity index (χ2n) is 9.43. The van der Waals surface area contributed by atoms with Gasteiger partial charge in [-0.1, -0.05) is 0 Å². The standard InChI is InChI=1S/C24H45N11O5/c25-9-3-1-6-17(22(38)35-19(23(39)40)7-2-4-10-26)34-21(37)18(8-5-11-31-24(28)29)33-20(36)16(27)12-15-13-30-14-32-15/h13-14,16-19H,1-12,25-27H2,(H,30,32)(H,33,36)(H,34,37)(H,35,38)(H,39,40)(H4,28,29,31). The third-order valence-electron chi connectivity index (χ3n) is 6.05. The lowest BCUT2D eigenvalue weighted by Gasteiger charge is -2.25. The van der Waals surface area contributed by atoms with Crippen molar-refractivity contribution in [3.63, 3.8) is 0 Å². The van der Waals surface area contributed by atoms with Gasteiger partial charge in [-0.15, -0.1) is 0 Å². The van der Waals surface area contributed by atoms with E-state index in [2.05, 4.69) is 30.9 Å². The van der Waals surface area contributed by atoms with Crippen LogP contribution in [0, 0.1) is 0 Å². The fraction of sp³-hybridized carbons (Fsp3) is 0.667. The van der Waals surface area contributed by atoms with E-state index in [4.69, 9.17) is 28.7 Å². The summed E-state index contributed by atoms with van der Waals surface area (Å²) in [6.07, 6.45) is 6.31. The highest BCUT2D eigenvalue weighted by Gasteiger charge is 2.30. The molecular weight excluding hydrogens is 522 g/mol. The topological polar surface area (TPSA) is 296 Å². The molecule has 0 radical (unpaired) electrons. The zero-order valence-electron chi connectivity index (χ0n) is 22.8. The zero-order chi connectivity index (χ0) is 29.9. The molecule has 0 spiro atoms. The normalized spacial score (nSPS) is 13.9. The second kappa shape index (κ2) is 19.3. The third kappa shape index (κ3) is 13.9. The number of aromatic nitrogens is 2. The quantitative estimate of drug-likeness (QED) is 0.0409. The number of hydrogen-bond acceptors (Lipinski definition) is 9. The summed E-state index contributed by atoms with van der Waals surface area (Å²) in [5.41, 5.74) is 28.5. The number of H-pyrrole nitrogens is 1. The largest absolute Gasteiger partial charge is 0.480 e. The molecule has 16 heteroatoms. The Morgan fingerprint density at radius 3 is 1.88 bits per heavy atom. The van der Waals surface area contributed by atoms with Crippen molar-refractivity contribution in [2.24, 2.45) is 33.7 Å². The molecule has 1 aromatic rings. The lowest BCUT2D eigenvalue weighted by atomic mass is 10.0. The summed E-state index contributed by atoms with van der Waals surface area (Å²) in [5.74, 6) is -3.15. The van der Waals surface area contributed by atoms with Gasteiger partial charge in [-0.3, -0.25) is 19.4 Å². The Morgan fingerprint density at radius 1 is 0.850 bits per heavy atom. The maximum absolute atomic E-state index is 13.3. The molecule has 16 nitrogen and oxygen atoms in total. The van der Waals surface area contributed by atoms with E-state index < -0.39 is 47.9 Å². The molecule has 0 saturated carbocycles. The number of rotatable bonds is 21. The first-order valence-corrected chi connectivity index (χ1v) is 13.4. The molecule has 0 fully saturated rings. The van der Waals surface area contributed by atoms with Gasteiger partial charge in [0, 0.05) is 24.9 Å². The summed E-state index contributed by atoms with van der Waals surface area (Å²) in [5, 5.41) is 17.4. The van der Waals surface area contributed by atoms with Crippen LogP contribution in [-0.2, 0) is 25.6 Å². The van der Waals surface area contributed by atoms with Crippen LogP contribution in [0.2, 0.25) is 0 Å². The molecule has 1 rings (SSSR count). The Labute approximate surface area is 233 Å². The number of carbonyl (C=O) groups excluding carboxylic acids is 3. The Bertz CT molecular complexity index is 938. The number of aliphatic carboxylic acids is 1. The number of imidazole rings is 1. The number of nitrogens with two attached hydrogens (primary N) is 5. The molecule has 0 aromatic carbocycles. The van der Waals surface area contributed by atoms with Crippen LogP contribution in [-0.4, -0.2) is 88.5 Å². The number of hydrogen-bond donors (Lipinski definition) is 10. The van der Waals surface area contributed by atoms with Crippen molar-refractivity contribution in [1.29, 1.82) is 0 Å². The monoisotopic (exact) mass is 567 g/mol. The number of guanidine groups is 1. The average molecular weight is 568 g/mol.